The number of nitrogens with zero attached hydrogens (tertiary/aromatic N) is 4. The van der Waals surface area contributed by atoms with Crippen LogP contribution in [0.15, 0.2) is 78.4 Å². The van der Waals surface area contributed by atoms with Crippen LogP contribution < -0.4 is 24.3 Å². The van der Waals surface area contributed by atoms with Crippen LogP contribution in [0.3, 0.4) is 0 Å². The molecule has 53 heavy (non-hydrogen) atoms. The molecule has 3 aromatic rings. The molecule has 12 nitrogen and oxygen atoms in total. The number of ether oxygens (including phenoxy) is 3. The van der Waals surface area contributed by atoms with Crippen LogP contribution >= 0.6 is 0 Å². The highest BCUT2D eigenvalue weighted by molar-refractivity contribution is 6.24. The summed E-state index contributed by atoms with van der Waals surface area (Å²) in [5.74, 6) is -4.69. The van der Waals surface area contributed by atoms with Crippen LogP contribution in [0.1, 0.15) is 24.3 Å². The van der Waals surface area contributed by atoms with E-state index in [2.05, 4.69) is 9.80 Å². The monoisotopic (exact) mass is 718 g/mol. The number of phenolic OH excluding ortho intramolecular Hbond substituents is 1. The summed E-state index contributed by atoms with van der Waals surface area (Å²) in [6.07, 6.45) is 2.63. The van der Waals surface area contributed by atoms with Gasteiger partial charge < -0.3 is 29.1 Å². The van der Waals surface area contributed by atoms with Gasteiger partial charge in [-0.2, -0.15) is 0 Å². The minimum atomic E-state index is -0.746. The average Bonchev–Trinajstić information content (AvgIpc) is 3.61. The third-order valence-corrected chi connectivity index (χ3v) is 12.2. The molecule has 4 saturated heterocycles. The van der Waals surface area contributed by atoms with Crippen LogP contribution in [0.5, 0.6) is 11.5 Å². The lowest BCUT2D eigenvalue weighted by atomic mass is 9.57. The van der Waals surface area contributed by atoms with E-state index in [1.807, 2.05) is 60.7 Å². The van der Waals surface area contributed by atoms with Gasteiger partial charge in [-0.05, 0) is 85.0 Å². The molecule has 6 aliphatic rings. The number of methoxy groups -OCH3 is 1. The third kappa shape index (κ3) is 5.49. The molecular formula is C41H42N4O8. The van der Waals surface area contributed by atoms with Crippen molar-refractivity contribution < 1.29 is 38.5 Å². The van der Waals surface area contributed by atoms with E-state index in [4.69, 9.17) is 14.2 Å². The number of allylic oxidation sites excluding steroid dienone is 2. The number of phenols is 1. The van der Waals surface area contributed by atoms with Crippen LogP contribution in [0.4, 0.5) is 22.7 Å². The number of hydrogen-bond acceptors (Lipinski definition) is 10. The summed E-state index contributed by atoms with van der Waals surface area (Å²) in [6, 6.07) is 20.1. The van der Waals surface area contributed by atoms with Gasteiger partial charge in [0.25, 0.3) is 0 Å². The number of rotatable bonds is 6. The standard InChI is InChI=1S/C41H42N4O8/c1-51-34-13-2-24(22-33(34)46)35-29-11-12-30-36(40(49)44(38(30)47)27-7-3-25(4-8-27)42-14-18-52-19-15-42)31(29)23-32-37(35)41(50)45(39(32)48)28-9-5-26(6-10-28)43-16-20-53-21-17-43/h2-11,13,22,30-32,35-37,46H,12,14-21,23H2,1H3. The first-order valence-corrected chi connectivity index (χ1v) is 18.5. The molecule has 3 aromatic carbocycles. The van der Waals surface area contributed by atoms with E-state index < -0.39 is 35.5 Å². The number of hydrogen-bond donors (Lipinski definition) is 1. The molecule has 4 amide bonds. The van der Waals surface area contributed by atoms with Gasteiger partial charge in [-0.1, -0.05) is 17.7 Å². The van der Waals surface area contributed by atoms with Crippen molar-refractivity contribution in [2.45, 2.75) is 18.8 Å². The molecule has 6 unspecified atom stereocenters. The Kier molecular flexibility index (Phi) is 8.46. The zero-order valence-corrected chi connectivity index (χ0v) is 29.6. The van der Waals surface area contributed by atoms with Gasteiger partial charge in [-0.25, -0.2) is 0 Å². The lowest BCUT2D eigenvalue weighted by Gasteiger charge is -2.44. The van der Waals surface area contributed by atoms with Crippen LogP contribution in [-0.4, -0.2) is 88.5 Å². The Bertz CT molecular complexity index is 1990. The third-order valence-electron chi connectivity index (χ3n) is 12.2. The number of anilines is 4. The van der Waals surface area contributed by atoms with E-state index in [1.54, 1.807) is 12.1 Å². The van der Waals surface area contributed by atoms with Crippen LogP contribution in [0.25, 0.3) is 0 Å². The number of benzene rings is 3. The SMILES string of the molecule is COc1ccc(C2C3=CCC4C(=O)N(c5ccc(N6CCOCC6)cc5)C(=O)C4C3CC3C(=O)N(c4ccc(N5CCOCC5)cc4)C(=O)C32)cc1O. The van der Waals surface area contributed by atoms with E-state index in [0.29, 0.717) is 49.8 Å². The second-order valence-electron chi connectivity index (χ2n) is 14.7. The topological polar surface area (TPSA) is 129 Å². The summed E-state index contributed by atoms with van der Waals surface area (Å²) >= 11 is 0. The van der Waals surface area contributed by atoms with Gasteiger partial charge in [0.1, 0.15) is 0 Å². The zero-order valence-electron chi connectivity index (χ0n) is 29.6. The quantitative estimate of drug-likeness (QED) is 0.294. The molecule has 4 heterocycles. The molecular weight excluding hydrogens is 676 g/mol. The maximum atomic E-state index is 14.6. The van der Waals surface area contributed by atoms with Crippen LogP contribution in [0, 0.1) is 29.6 Å². The highest BCUT2D eigenvalue weighted by atomic mass is 16.5. The largest absolute Gasteiger partial charge is 0.504 e. The summed E-state index contributed by atoms with van der Waals surface area (Å²) in [7, 11) is 1.47. The van der Waals surface area contributed by atoms with Crippen molar-refractivity contribution in [2.24, 2.45) is 29.6 Å². The Hall–Kier alpha value is -5.20. The molecule has 2 aliphatic carbocycles. The highest BCUT2D eigenvalue weighted by Crippen LogP contribution is 2.59. The fourth-order valence-electron chi connectivity index (χ4n) is 9.64. The van der Waals surface area contributed by atoms with Crippen molar-refractivity contribution in [3.8, 4) is 11.5 Å². The summed E-state index contributed by atoms with van der Waals surface area (Å²) in [6.45, 7) is 5.65. The molecule has 4 aliphatic heterocycles. The molecule has 6 atom stereocenters. The summed E-state index contributed by atoms with van der Waals surface area (Å²) in [5, 5.41) is 10.9. The number of aromatic hydroxyl groups is 1. The first-order chi connectivity index (χ1) is 25.8. The molecule has 5 fully saturated rings. The molecule has 0 aromatic heterocycles. The smallest absolute Gasteiger partial charge is 0.238 e. The fraction of sp³-hybridized carbons (Fsp3) is 0.415. The summed E-state index contributed by atoms with van der Waals surface area (Å²) < 4.78 is 16.3. The maximum Gasteiger partial charge on any atom is 0.238 e. The van der Waals surface area contributed by atoms with Gasteiger partial charge in [0.05, 0.1) is 68.6 Å². The number of fused-ring (bicyclic) bond motifs is 4. The van der Waals surface area contributed by atoms with Crippen LogP contribution in [-0.2, 0) is 28.7 Å². The predicted octanol–water partition coefficient (Wildman–Crippen LogP) is 4.12. The van der Waals surface area contributed by atoms with Crippen LogP contribution in [0.2, 0.25) is 0 Å². The van der Waals surface area contributed by atoms with Crippen molar-refractivity contribution >= 4 is 46.4 Å². The van der Waals surface area contributed by atoms with Crippen molar-refractivity contribution in [1.82, 2.24) is 0 Å². The van der Waals surface area contributed by atoms with E-state index in [1.165, 1.54) is 16.9 Å². The van der Waals surface area contributed by atoms with Crippen molar-refractivity contribution in [3.63, 3.8) is 0 Å². The fourth-order valence-corrected chi connectivity index (χ4v) is 9.64. The Morgan fingerprint density at radius 1 is 0.623 bits per heavy atom. The lowest BCUT2D eigenvalue weighted by molar-refractivity contribution is -0.126. The second-order valence-corrected chi connectivity index (χ2v) is 14.7. The minimum absolute atomic E-state index is 0.0795. The van der Waals surface area contributed by atoms with E-state index in [0.717, 1.165) is 43.1 Å². The van der Waals surface area contributed by atoms with E-state index in [9.17, 15) is 24.3 Å². The van der Waals surface area contributed by atoms with Crippen molar-refractivity contribution in [3.05, 3.63) is 83.9 Å². The molecule has 1 N–H and O–H groups in total. The van der Waals surface area contributed by atoms with Gasteiger partial charge in [-0.15, -0.1) is 0 Å². The molecule has 1 saturated carbocycles. The first-order valence-electron chi connectivity index (χ1n) is 18.5. The number of imide groups is 2. The average molecular weight is 719 g/mol. The molecule has 0 bridgehead atoms. The van der Waals surface area contributed by atoms with Gasteiger partial charge >= 0.3 is 0 Å². The normalized spacial score (nSPS) is 28.5. The molecule has 9 rings (SSSR count). The molecule has 274 valence electrons. The number of carbonyl (C=O) groups is 4. The van der Waals surface area contributed by atoms with Gasteiger partial charge in [0, 0.05) is 43.5 Å². The summed E-state index contributed by atoms with van der Waals surface area (Å²) in [5.41, 5.74) is 4.55. The molecule has 0 radical (unpaired) electrons. The zero-order chi connectivity index (χ0) is 36.4. The lowest BCUT2D eigenvalue weighted by Crippen LogP contribution is -2.43. The number of morpholine rings is 2. The number of carbonyl (C=O) groups excluding carboxylic acids is 4. The van der Waals surface area contributed by atoms with Crippen molar-refractivity contribution in [1.29, 1.82) is 0 Å². The van der Waals surface area contributed by atoms with E-state index >= 15 is 0 Å². The highest BCUT2D eigenvalue weighted by Gasteiger charge is 2.62. The Morgan fingerprint density at radius 3 is 1.66 bits per heavy atom. The van der Waals surface area contributed by atoms with E-state index in [-0.39, 0.29) is 41.5 Å². The predicted molar refractivity (Wildman–Crippen MR) is 196 cm³/mol. The Morgan fingerprint density at radius 2 is 1.13 bits per heavy atom. The maximum absolute atomic E-state index is 14.6. The summed E-state index contributed by atoms with van der Waals surface area (Å²) in [4.78, 5) is 64.6. The number of amides is 4. The Labute approximate surface area is 307 Å². The Balaban J connectivity index is 1.06. The van der Waals surface area contributed by atoms with Crippen molar-refractivity contribution in [2.75, 3.05) is 79.3 Å². The van der Waals surface area contributed by atoms with Gasteiger partial charge in [0.2, 0.25) is 23.6 Å². The second kappa shape index (κ2) is 13.3. The molecule has 12 heteroatoms. The first kappa shape index (κ1) is 33.6. The van der Waals surface area contributed by atoms with Gasteiger partial charge in [-0.3, -0.25) is 29.0 Å². The van der Waals surface area contributed by atoms with Gasteiger partial charge in [0.15, 0.2) is 11.5 Å². The minimum Gasteiger partial charge on any atom is -0.504 e. The molecule has 0 spiro atoms.